The van der Waals surface area contributed by atoms with Gasteiger partial charge in [0.25, 0.3) is 0 Å². The molecule has 0 aliphatic heterocycles. The van der Waals surface area contributed by atoms with Crippen molar-refractivity contribution in [3.05, 3.63) is 88.1 Å². The predicted molar refractivity (Wildman–Crippen MR) is 100 cm³/mol. The maximum atomic E-state index is 13.7. The minimum Gasteiger partial charge on any atom is -0.322 e. The van der Waals surface area contributed by atoms with Gasteiger partial charge in [-0.05, 0) is 48.2 Å². The van der Waals surface area contributed by atoms with Gasteiger partial charge in [0.2, 0.25) is 5.91 Å². The van der Waals surface area contributed by atoms with E-state index in [0.29, 0.717) is 0 Å². The molecule has 134 valence electrons. The van der Waals surface area contributed by atoms with Crippen LogP contribution in [0, 0.1) is 11.6 Å². The molecular formula is C20H18F2N2OS. The van der Waals surface area contributed by atoms with Gasteiger partial charge < -0.3 is 5.32 Å². The Morgan fingerprint density at radius 3 is 2.38 bits per heavy atom. The number of rotatable bonds is 6. The van der Waals surface area contributed by atoms with Gasteiger partial charge in [0, 0.05) is 4.88 Å². The third-order valence-corrected chi connectivity index (χ3v) is 4.91. The molecule has 0 spiro atoms. The van der Waals surface area contributed by atoms with E-state index in [2.05, 4.69) is 10.6 Å². The number of halogens is 2. The van der Waals surface area contributed by atoms with Crippen LogP contribution in [0.1, 0.15) is 23.4 Å². The van der Waals surface area contributed by atoms with E-state index in [4.69, 9.17) is 0 Å². The van der Waals surface area contributed by atoms with Crippen LogP contribution in [0.25, 0.3) is 0 Å². The summed E-state index contributed by atoms with van der Waals surface area (Å²) in [5, 5.41) is 7.78. The van der Waals surface area contributed by atoms with Crippen molar-refractivity contribution < 1.29 is 13.6 Å². The lowest BCUT2D eigenvalue weighted by Gasteiger charge is -2.23. The number of nitrogens with one attached hydrogen (secondary N) is 2. The van der Waals surface area contributed by atoms with E-state index in [1.165, 1.54) is 24.3 Å². The SMILES string of the molecule is CC(NC(c1ccc(F)cc1)c1cccs1)C(=O)Nc1ccccc1F. The Morgan fingerprint density at radius 1 is 1.00 bits per heavy atom. The van der Waals surface area contributed by atoms with E-state index < -0.39 is 11.9 Å². The number of carbonyl (C=O) groups is 1. The largest absolute Gasteiger partial charge is 0.322 e. The Bertz CT molecular complexity index is 866. The molecule has 3 rings (SSSR count). The first-order valence-corrected chi connectivity index (χ1v) is 9.03. The minimum atomic E-state index is -0.591. The van der Waals surface area contributed by atoms with E-state index >= 15 is 0 Å². The topological polar surface area (TPSA) is 41.1 Å². The number of carbonyl (C=O) groups excluding carboxylic acids is 1. The van der Waals surface area contributed by atoms with E-state index in [0.717, 1.165) is 10.4 Å². The zero-order valence-electron chi connectivity index (χ0n) is 14.1. The molecule has 2 unspecified atom stereocenters. The summed E-state index contributed by atoms with van der Waals surface area (Å²) in [4.78, 5) is 13.5. The Morgan fingerprint density at radius 2 is 1.73 bits per heavy atom. The normalized spacial score (nSPS) is 13.2. The smallest absolute Gasteiger partial charge is 0.241 e. The van der Waals surface area contributed by atoms with Crippen LogP contribution in [-0.2, 0) is 4.79 Å². The van der Waals surface area contributed by atoms with Crippen LogP contribution in [-0.4, -0.2) is 11.9 Å². The van der Waals surface area contributed by atoms with Crippen molar-refractivity contribution >= 4 is 22.9 Å². The van der Waals surface area contributed by atoms with Crippen LogP contribution in [0.5, 0.6) is 0 Å². The monoisotopic (exact) mass is 372 g/mol. The maximum Gasteiger partial charge on any atom is 0.241 e. The van der Waals surface area contributed by atoms with Gasteiger partial charge >= 0.3 is 0 Å². The Hall–Kier alpha value is -2.57. The summed E-state index contributed by atoms with van der Waals surface area (Å²) in [5.74, 6) is -1.15. The lowest BCUT2D eigenvalue weighted by atomic mass is 10.0. The Balaban J connectivity index is 1.77. The van der Waals surface area contributed by atoms with Crippen molar-refractivity contribution in [2.75, 3.05) is 5.32 Å². The van der Waals surface area contributed by atoms with E-state index in [9.17, 15) is 13.6 Å². The van der Waals surface area contributed by atoms with Gasteiger partial charge in [0.1, 0.15) is 11.6 Å². The first-order valence-electron chi connectivity index (χ1n) is 8.15. The van der Waals surface area contributed by atoms with Crippen molar-refractivity contribution in [1.82, 2.24) is 5.32 Å². The summed E-state index contributed by atoms with van der Waals surface area (Å²) >= 11 is 1.54. The molecule has 0 aliphatic rings. The van der Waals surface area contributed by atoms with Gasteiger partial charge in [-0.3, -0.25) is 10.1 Å². The van der Waals surface area contributed by atoms with E-state index in [-0.39, 0.29) is 23.5 Å². The van der Waals surface area contributed by atoms with Crippen LogP contribution in [0.2, 0.25) is 0 Å². The molecule has 26 heavy (non-hydrogen) atoms. The second-order valence-electron chi connectivity index (χ2n) is 5.86. The average molecular weight is 372 g/mol. The third-order valence-electron chi connectivity index (χ3n) is 3.97. The van der Waals surface area contributed by atoms with Crippen LogP contribution < -0.4 is 10.6 Å². The van der Waals surface area contributed by atoms with Crippen molar-refractivity contribution in [2.24, 2.45) is 0 Å². The standard InChI is InChI=1S/C20H18F2N2OS/c1-13(20(25)24-17-6-3-2-5-16(17)22)23-19(18-7-4-12-26-18)14-8-10-15(21)11-9-14/h2-13,19,23H,1H3,(H,24,25). The molecule has 0 aliphatic carbocycles. The third kappa shape index (κ3) is 4.33. The zero-order valence-corrected chi connectivity index (χ0v) is 14.9. The number of hydrogen-bond acceptors (Lipinski definition) is 3. The quantitative estimate of drug-likeness (QED) is 0.657. The number of thiophene rings is 1. The predicted octanol–water partition coefficient (Wildman–Crippen LogP) is 4.73. The molecule has 2 aromatic carbocycles. The first-order chi connectivity index (χ1) is 12.5. The van der Waals surface area contributed by atoms with E-state index in [1.807, 2.05) is 17.5 Å². The highest BCUT2D eigenvalue weighted by molar-refractivity contribution is 7.10. The molecule has 0 radical (unpaired) electrons. The van der Waals surface area contributed by atoms with Gasteiger partial charge in [-0.1, -0.05) is 30.3 Å². The van der Waals surface area contributed by atoms with Crippen molar-refractivity contribution in [2.45, 2.75) is 19.0 Å². The van der Waals surface area contributed by atoms with Crippen LogP contribution in [0.15, 0.2) is 66.0 Å². The minimum absolute atomic E-state index is 0.139. The zero-order chi connectivity index (χ0) is 18.5. The van der Waals surface area contributed by atoms with Gasteiger partial charge in [0.05, 0.1) is 17.8 Å². The number of para-hydroxylation sites is 1. The van der Waals surface area contributed by atoms with Gasteiger partial charge in [-0.2, -0.15) is 0 Å². The highest BCUT2D eigenvalue weighted by atomic mass is 32.1. The van der Waals surface area contributed by atoms with Crippen molar-refractivity contribution in [3.63, 3.8) is 0 Å². The molecule has 0 saturated carbocycles. The number of hydrogen-bond donors (Lipinski definition) is 2. The average Bonchev–Trinajstić information content (AvgIpc) is 3.16. The van der Waals surface area contributed by atoms with Crippen LogP contribution in [0.3, 0.4) is 0 Å². The second-order valence-corrected chi connectivity index (χ2v) is 6.84. The highest BCUT2D eigenvalue weighted by Gasteiger charge is 2.22. The summed E-state index contributed by atoms with van der Waals surface area (Å²) < 4.78 is 27.0. The van der Waals surface area contributed by atoms with Gasteiger partial charge in [0.15, 0.2) is 0 Å². The Kier molecular flexibility index (Phi) is 5.75. The first kappa shape index (κ1) is 18.2. The molecule has 3 nitrogen and oxygen atoms in total. The summed E-state index contributed by atoms with van der Waals surface area (Å²) in [6.07, 6.45) is 0. The lowest BCUT2D eigenvalue weighted by molar-refractivity contribution is -0.117. The summed E-state index contributed by atoms with van der Waals surface area (Å²) in [7, 11) is 0. The molecule has 2 N–H and O–H groups in total. The van der Waals surface area contributed by atoms with Crippen molar-refractivity contribution in [1.29, 1.82) is 0 Å². The molecule has 1 heterocycles. The molecule has 2 atom stereocenters. The number of anilines is 1. The van der Waals surface area contributed by atoms with E-state index in [1.54, 1.807) is 42.5 Å². The summed E-state index contributed by atoms with van der Waals surface area (Å²) in [5.41, 5.74) is 0.986. The fraction of sp³-hybridized carbons (Fsp3) is 0.150. The molecule has 3 aromatic rings. The Labute approximate surface area is 154 Å². The highest BCUT2D eigenvalue weighted by Crippen LogP contribution is 2.27. The summed E-state index contributed by atoms with van der Waals surface area (Å²) in [6, 6.07) is 15.2. The number of benzene rings is 2. The maximum absolute atomic E-state index is 13.7. The molecule has 1 aromatic heterocycles. The molecule has 0 fully saturated rings. The fourth-order valence-electron chi connectivity index (χ4n) is 2.58. The van der Waals surface area contributed by atoms with Crippen LogP contribution in [0.4, 0.5) is 14.5 Å². The van der Waals surface area contributed by atoms with Crippen LogP contribution >= 0.6 is 11.3 Å². The molecule has 0 bridgehead atoms. The number of amides is 1. The molecule has 1 amide bonds. The molecule has 6 heteroatoms. The second kappa shape index (κ2) is 8.21. The molecule has 0 saturated heterocycles. The van der Waals surface area contributed by atoms with Crippen molar-refractivity contribution in [3.8, 4) is 0 Å². The molecular weight excluding hydrogens is 354 g/mol. The fourth-order valence-corrected chi connectivity index (χ4v) is 3.39. The van der Waals surface area contributed by atoms with Gasteiger partial charge in [-0.25, -0.2) is 8.78 Å². The lowest BCUT2D eigenvalue weighted by Crippen LogP contribution is -2.40. The summed E-state index contributed by atoms with van der Waals surface area (Å²) in [6.45, 7) is 1.71. The van der Waals surface area contributed by atoms with Gasteiger partial charge in [-0.15, -0.1) is 11.3 Å².